The lowest BCUT2D eigenvalue weighted by Crippen LogP contribution is -2.07. The average molecular weight is 196 g/mol. The van der Waals surface area contributed by atoms with Gasteiger partial charge in [-0.05, 0) is 18.2 Å². The molecule has 72 valence electrons. The van der Waals surface area contributed by atoms with Crippen molar-refractivity contribution in [3.63, 3.8) is 0 Å². The molecular formula is C9H6F2N2O. The van der Waals surface area contributed by atoms with Gasteiger partial charge in [-0.25, -0.2) is 4.39 Å². The third-order valence-corrected chi connectivity index (χ3v) is 1.59. The maximum atomic E-state index is 13.1. The van der Waals surface area contributed by atoms with Crippen LogP contribution in [-0.2, 0) is 0 Å². The van der Waals surface area contributed by atoms with Crippen LogP contribution in [0.4, 0.5) is 8.78 Å². The first-order valence-corrected chi connectivity index (χ1v) is 3.89. The monoisotopic (exact) mass is 196 g/mol. The van der Waals surface area contributed by atoms with E-state index in [4.69, 9.17) is 4.84 Å². The number of hydrogen-bond donors (Lipinski definition) is 0. The smallest absolute Gasteiger partial charge is 0.204 e. The molecule has 0 saturated heterocycles. The van der Waals surface area contributed by atoms with Crippen LogP contribution in [-0.4, -0.2) is 9.94 Å². The summed E-state index contributed by atoms with van der Waals surface area (Å²) < 4.78 is 25.8. The van der Waals surface area contributed by atoms with Gasteiger partial charge in [-0.2, -0.15) is 4.39 Å². The van der Waals surface area contributed by atoms with Crippen molar-refractivity contribution in [3.8, 4) is 5.75 Å². The van der Waals surface area contributed by atoms with Gasteiger partial charge >= 0.3 is 0 Å². The molecule has 2 rings (SSSR count). The second kappa shape index (κ2) is 3.45. The lowest BCUT2D eigenvalue weighted by molar-refractivity contribution is 0.168. The Morgan fingerprint density at radius 1 is 1.21 bits per heavy atom. The van der Waals surface area contributed by atoms with E-state index in [1.54, 1.807) is 6.07 Å². The van der Waals surface area contributed by atoms with Crippen LogP contribution in [0.5, 0.6) is 5.75 Å². The number of halogens is 2. The Morgan fingerprint density at radius 3 is 2.79 bits per heavy atom. The lowest BCUT2D eigenvalue weighted by Gasteiger charge is -2.04. The van der Waals surface area contributed by atoms with E-state index in [2.05, 4.69) is 5.10 Å². The van der Waals surface area contributed by atoms with Gasteiger partial charge in [-0.1, -0.05) is 6.07 Å². The van der Waals surface area contributed by atoms with E-state index < -0.39 is 11.6 Å². The van der Waals surface area contributed by atoms with Crippen LogP contribution < -0.4 is 4.84 Å². The zero-order chi connectivity index (χ0) is 9.97. The van der Waals surface area contributed by atoms with Crippen LogP contribution in [0.2, 0.25) is 0 Å². The van der Waals surface area contributed by atoms with Crippen molar-refractivity contribution in [3.05, 3.63) is 48.3 Å². The van der Waals surface area contributed by atoms with E-state index in [1.807, 2.05) is 0 Å². The van der Waals surface area contributed by atoms with Gasteiger partial charge in [0.15, 0.2) is 11.6 Å². The fourth-order valence-corrected chi connectivity index (χ4v) is 0.964. The second-order valence-corrected chi connectivity index (χ2v) is 2.55. The highest BCUT2D eigenvalue weighted by Gasteiger charge is 2.09. The van der Waals surface area contributed by atoms with Crippen LogP contribution in [0.25, 0.3) is 0 Å². The fourth-order valence-electron chi connectivity index (χ4n) is 0.964. The summed E-state index contributed by atoms with van der Waals surface area (Å²) in [7, 11) is 0. The van der Waals surface area contributed by atoms with Gasteiger partial charge in [-0.15, -0.1) is 9.94 Å². The molecular weight excluding hydrogens is 190 g/mol. The quantitative estimate of drug-likeness (QED) is 0.734. The Bertz CT molecular complexity index is 428. The largest absolute Gasteiger partial charge is 0.355 e. The Labute approximate surface area is 78.5 Å². The molecule has 14 heavy (non-hydrogen) atoms. The van der Waals surface area contributed by atoms with Gasteiger partial charge in [0.2, 0.25) is 5.82 Å². The Kier molecular flexibility index (Phi) is 2.14. The molecule has 0 fully saturated rings. The zero-order valence-electron chi connectivity index (χ0n) is 7.02. The molecule has 2 aromatic rings. The first-order valence-electron chi connectivity index (χ1n) is 3.89. The first kappa shape index (κ1) is 8.68. The van der Waals surface area contributed by atoms with Crippen LogP contribution in [0.15, 0.2) is 36.7 Å². The van der Waals surface area contributed by atoms with E-state index in [0.717, 1.165) is 10.9 Å². The summed E-state index contributed by atoms with van der Waals surface area (Å²) in [5, 5.41) is 3.69. The summed E-state index contributed by atoms with van der Waals surface area (Å²) in [6, 6.07) is 5.31. The molecule has 0 N–H and O–H groups in total. The van der Waals surface area contributed by atoms with Crippen molar-refractivity contribution < 1.29 is 13.6 Å². The van der Waals surface area contributed by atoms with Crippen molar-refractivity contribution in [2.24, 2.45) is 0 Å². The molecule has 0 aliphatic heterocycles. The Balaban J connectivity index is 2.29. The highest BCUT2D eigenvalue weighted by molar-refractivity contribution is 5.24. The minimum atomic E-state index is -1.02. The standard InChI is InChI=1S/C9H6F2N2O/c10-7-3-1-4-8(9(7)11)14-13-6-2-5-12-13/h1-6H. The Morgan fingerprint density at radius 2 is 2.07 bits per heavy atom. The number of nitrogens with zero attached hydrogens (tertiary/aromatic N) is 2. The average Bonchev–Trinajstić information content (AvgIpc) is 2.66. The topological polar surface area (TPSA) is 27.1 Å². The molecule has 0 atom stereocenters. The minimum absolute atomic E-state index is 0.200. The number of rotatable bonds is 2. The summed E-state index contributed by atoms with van der Waals surface area (Å²) in [5.74, 6) is -2.17. The van der Waals surface area contributed by atoms with Gasteiger partial charge in [0.25, 0.3) is 0 Å². The van der Waals surface area contributed by atoms with E-state index in [0.29, 0.717) is 0 Å². The van der Waals surface area contributed by atoms with Gasteiger partial charge in [0, 0.05) is 0 Å². The van der Waals surface area contributed by atoms with E-state index in [1.165, 1.54) is 24.5 Å². The molecule has 3 nitrogen and oxygen atoms in total. The molecule has 5 heteroatoms. The molecule has 0 saturated carbocycles. The predicted octanol–water partition coefficient (Wildman–Crippen LogP) is 2.00. The number of hydrogen-bond acceptors (Lipinski definition) is 2. The number of aromatic nitrogens is 2. The highest BCUT2D eigenvalue weighted by Crippen LogP contribution is 2.18. The van der Waals surface area contributed by atoms with E-state index >= 15 is 0 Å². The summed E-state index contributed by atoms with van der Waals surface area (Å²) >= 11 is 0. The van der Waals surface area contributed by atoms with E-state index in [9.17, 15) is 8.78 Å². The maximum absolute atomic E-state index is 13.1. The molecule has 0 unspecified atom stereocenters. The molecule has 0 spiro atoms. The minimum Gasteiger partial charge on any atom is -0.355 e. The first-order chi connectivity index (χ1) is 6.77. The van der Waals surface area contributed by atoms with Crippen LogP contribution >= 0.6 is 0 Å². The summed E-state index contributed by atoms with van der Waals surface area (Å²) in [4.78, 5) is 5.96. The highest BCUT2D eigenvalue weighted by atomic mass is 19.2. The molecule has 0 aliphatic rings. The maximum Gasteiger partial charge on any atom is 0.204 e. The molecule has 1 heterocycles. The zero-order valence-corrected chi connectivity index (χ0v) is 7.02. The van der Waals surface area contributed by atoms with Crippen molar-refractivity contribution >= 4 is 0 Å². The van der Waals surface area contributed by atoms with Gasteiger partial charge in [0.05, 0.1) is 12.4 Å². The third kappa shape index (κ3) is 1.56. The number of benzene rings is 1. The summed E-state index contributed by atoms with van der Waals surface area (Å²) in [6.45, 7) is 0. The lowest BCUT2D eigenvalue weighted by atomic mass is 10.3. The molecule has 1 aromatic carbocycles. The molecule has 0 aliphatic carbocycles. The molecule has 0 radical (unpaired) electrons. The molecule has 0 bridgehead atoms. The van der Waals surface area contributed by atoms with Crippen LogP contribution in [0.1, 0.15) is 0 Å². The van der Waals surface area contributed by atoms with Crippen molar-refractivity contribution in [1.29, 1.82) is 0 Å². The van der Waals surface area contributed by atoms with Crippen molar-refractivity contribution in [1.82, 2.24) is 9.94 Å². The van der Waals surface area contributed by atoms with Gasteiger partial charge in [-0.3, -0.25) is 0 Å². The van der Waals surface area contributed by atoms with Gasteiger partial charge < -0.3 is 4.84 Å². The fraction of sp³-hybridized carbons (Fsp3) is 0. The van der Waals surface area contributed by atoms with Crippen LogP contribution in [0.3, 0.4) is 0 Å². The van der Waals surface area contributed by atoms with Crippen molar-refractivity contribution in [2.45, 2.75) is 0 Å². The van der Waals surface area contributed by atoms with Crippen molar-refractivity contribution in [2.75, 3.05) is 0 Å². The Hall–Kier alpha value is -1.91. The van der Waals surface area contributed by atoms with Gasteiger partial charge in [0.1, 0.15) is 0 Å². The van der Waals surface area contributed by atoms with E-state index in [-0.39, 0.29) is 5.75 Å². The summed E-state index contributed by atoms with van der Waals surface area (Å²) in [5.41, 5.74) is 0. The third-order valence-electron chi connectivity index (χ3n) is 1.59. The second-order valence-electron chi connectivity index (χ2n) is 2.55. The molecule has 1 aromatic heterocycles. The van der Waals surface area contributed by atoms with Crippen LogP contribution in [0, 0.1) is 11.6 Å². The molecule has 0 amide bonds. The summed E-state index contributed by atoms with van der Waals surface area (Å²) in [6.07, 6.45) is 2.95. The normalized spacial score (nSPS) is 10.1. The SMILES string of the molecule is Fc1cccc(On2cccn2)c1F. The predicted molar refractivity (Wildman–Crippen MR) is 44.6 cm³/mol.